The van der Waals surface area contributed by atoms with Crippen molar-refractivity contribution in [3.63, 3.8) is 0 Å². The van der Waals surface area contributed by atoms with Gasteiger partial charge in [0.2, 0.25) is 0 Å². The molecule has 1 rings (SSSR count). The topological polar surface area (TPSA) is 54.4 Å². The minimum absolute atomic E-state index is 0.0752. The van der Waals surface area contributed by atoms with Crippen LogP contribution in [0.2, 0.25) is 0 Å². The van der Waals surface area contributed by atoms with Crippen molar-refractivity contribution in [2.24, 2.45) is 0 Å². The maximum atomic E-state index is 11.3. The molecule has 1 N–H and O–H groups in total. The molecule has 0 spiro atoms. The fourth-order valence-corrected chi connectivity index (χ4v) is 1.03. The Morgan fingerprint density at radius 2 is 1.53 bits per heavy atom. The van der Waals surface area contributed by atoms with Gasteiger partial charge in [-0.25, -0.2) is 0 Å². The molecule has 17 heavy (non-hydrogen) atoms. The van der Waals surface area contributed by atoms with Gasteiger partial charge < -0.3 is 5.11 Å². The van der Waals surface area contributed by atoms with E-state index in [0.717, 1.165) is 0 Å². The lowest BCUT2D eigenvalue weighted by molar-refractivity contribution is -0.116. The summed E-state index contributed by atoms with van der Waals surface area (Å²) < 4.78 is 0. The number of phenolic OH excluding ortho intramolecular Hbond substituents is 1. The third kappa shape index (κ3) is 7.28. The first-order valence-electron chi connectivity index (χ1n) is 5.92. The van der Waals surface area contributed by atoms with Crippen molar-refractivity contribution in [3.05, 3.63) is 29.8 Å². The molecule has 0 aliphatic carbocycles. The number of aromatic hydroxyl groups is 1. The van der Waals surface area contributed by atoms with Crippen molar-refractivity contribution in [2.45, 2.75) is 41.0 Å². The van der Waals surface area contributed by atoms with Crippen molar-refractivity contribution in [1.29, 1.82) is 0 Å². The number of phenols is 1. The molecule has 0 aromatic heterocycles. The predicted octanol–water partition coefficient (Wildman–Crippen LogP) is 3.61. The Morgan fingerprint density at radius 1 is 1.06 bits per heavy atom. The van der Waals surface area contributed by atoms with Crippen LogP contribution in [0.4, 0.5) is 0 Å². The molecule has 3 heteroatoms. The van der Waals surface area contributed by atoms with Gasteiger partial charge in [0.25, 0.3) is 0 Å². The zero-order chi connectivity index (χ0) is 13.8. The smallest absolute Gasteiger partial charge is 0.173 e. The van der Waals surface area contributed by atoms with Crippen LogP contribution in [0.25, 0.3) is 0 Å². The molecule has 0 bridgehead atoms. The van der Waals surface area contributed by atoms with E-state index in [1.54, 1.807) is 12.1 Å². The monoisotopic (exact) mass is 238 g/mol. The Kier molecular flexibility index (Phi) is 11.3. The lowest BCUT2D eigenvalue weighted by Gasteiger charge is -2.00. The van der Waals surface area contributed by atoms with Gasteiger partial charge in [-0.05, 0) is 19.1 Å². The summed E-state index contributed by atoms with van der Waals surface area (Å²) in [5.74, 6) is -0.618. The Morgan fingerprint density at radius 3 is 1.94 bits per heavy atom. The highest BCUT2D eigenvalue weighted by Crippen LogP contribution is 2.17. The first kappa shape index (κ1) is 17.7. The summed E-state index contributed by atoms with van der Waals surface area (Å²) in [7, 11) is 0. The van der Waals surface area contributed by atoms with E-state index < -0.39 is 0 Å². The highest BCUT2D eigenvalue weighted by molar-refractivity contribution is 6.08. The molecule has 0 radical (unpaired) electrons. The van der Waals surface area contributed by atoms with Crippen LogP contribution in [0.5, 0.6) is 5.75 Å². The second-order valence-electron chi connectivity index (χ2n) is 2.82. The largest absolute Gasteiger partial charge is 0.507 e. The fraction of sp³-hybridized carbons (Fsp3) is 0.429. The van der Waals surface area contributed by atoms with Crippen LogP contribution in [0.3, 0.4) is 0 Å². The van der Waals surface area contributed by atoms with Crippen LogP contribution in [-0.2, 0) is 4.79 Å². The normalized spacial score (nSPS) is 8.06. The molecule has 3 nitrogen and oxygen atoms in total. The van der Waals surface area contributed by atoms with Crippen LogP contribution in [-0.4, -0.2) is 16.7 Å². The molecule has 0 atom stereocenters. The van der Waals surface area contributed by atoms with Gasteiger partial charge in [-0.1, -0.05) is 39.8 Å². The van der Waals surface area contributed by atoms with Crippen molar-refractivity contribution in [1.82, 2.24) is 0 Å². The summed E-state index contributed by atoms with van der Waals surface area (Å²) in [6, 6.07) is 6.20. The summed E-state index contributed by atoms with van der Waals surface area (Å²) >= 11 is 0. The molecule has 0 aliphatic rings. The van der Waals surface area contributed by atoms with E-state index in [2.05, 4.69) is 0 Å². The minimum Gasteiger partial charge on any atom is -0.507 e. The van der Waals surface area contributed by atoms with E-state index in [1.807, 2.05) is 27.7 Å². The number of hydrogen-bond acceptors (Lipinski definition) is 3. The van der Waals surface area contributed by atoms with Crippen molar-refractivity contribution >= 4 is 11.6 Å². The molecule has 0 amide bonds. The number of carbonyl (C=O) groups excluding carboxylic acids is 2. The van der Waals surface area contributed by atoms with Gasteiger partial charge in [0.05, 0.1) is 12.0 Å². The molecular formula is C14H22O3. The first-order valence-corrected chi connectivity index (χ1v) is 5.92. The Labute approximate surface area is 103 Å². The van der Waals surface area contributed by atoms with Crippen molar-refractivity contribution < 1.29 is 14.7 Å². The molecule has 0 heterocycles. The van der Waals surface area contributed by atoms with Gasteiger partial charge >= 0.3 is 0 Å². The second-order valence-corrected chi connectivity index (χ2v) is 2.82. The van der Waals surface area contributed by atoms with Gasteiger partial charge in [-0.3, -0.25) is 9.59 Å². The SMILES string of the molecule is CC.CC.CC(=O)CC(=O)c1ccccc1O. The van der Waals surface area contributed by atoms with Gasteiger partial charge in [-0.2, -0.15) is 0 Å². The number of carbonyl (C=O) groups is 2. The van der Waals surface area contributed by atoms with Crippen LogP contribution in [0.15, 0.2) is 24.3 Å². The third-order valence-corrected chi connectivity index (χ3v) is 1.61. The van der Waals surface area contributed by atoms with E-state index >= 15 is 0 Å². The van der Waals surface area contributed by atoms with Gasteiger partial charge in [0.15, 0.2) is 5.78 Å². The van der Waals surface area contributed by atoms with Crippen molar-refractivity contribution in [2.75, 3.05) is 0 Å². The van der Waals surface area contributed by atoms with E-state index in [0.29, 0.717) is 0 Å². The lowest BCUT2D eigenvalue weighted by atomic mass is 10.1. The highest BCUT2D eigenvalue weighted by atomic mass is 16.3. The Hall–Kier alpha value is -1.64. The number of rotatable bonds is 3. The van der Waals surface area contributed by atoms with E-state index in [9.17, 15) is 14.7 Å². The summed E-state index contributed by atoms with van der Waals surface area (Å²) in [5, 5.41) is 9.26. The first-order chi connectivity index (χ1) is 8.11. The zero-order valence-electron chi connectivity index (χ0n) is 11.3. The maximum Gasteiger partial charge on any atom is 0.173 e. The highest BCUT2D eigenvalue weighted by Gasteiger charge is 2.11. The quantitative estimate of drug-likeness (QED) is 0.646. The van der Waals surface area contributed by atoms with Crippen LogP contribution in [0, 0.1) is 0 Å². The summed E-state index contributed by atoms with van der Waals surface area (Å²) in [6.45, 7) is 9.35. The fourth-order valence-electron chi connectivity index (χ4n) is 1.03. The predicted molar refractivity (Wildman–Crippen MR) is 70.4 cm³/mol. The van der Waals surface area contributed by atoms with E-state index in [-0.39, 0.29) is 29.3 Å². The second kappa shape index (κ2) is 10.9. The molecule has 96 valence electrons. The maximum absolute atomic E-state index is 11.3. The molecular weight excluding hydrogens is 216 g/mol. The molecule has 0 saturated heterocycles. The number of Topliss-reactive ketones (excluding diaryl/α,β-unsaturated/α-hetero) is 2. The van der Waals surface area contributed by atoms with Gasteiger partial charge in [0, 0.05) is 0 Å². The van der Waals surface area contributed by atoms with Crippen LogP contribution >= 0.6 is 0 Å². The average Bonchev–Trinajstić information content (AvgIpc) is 2.34. The molecule has 0 aliphatic heterocycles. The Bertz CT molecular complexity index is 343. The van der Waals surface area contributed by atoms with Gasteiger partial charge in [-0.15, -0.1) is 0 Å². The standard InChI is InChI=1S/C10H10O3.2C2H6/c1-7(11)6-10(13)8-4-2-3-5-9(8)12;2*1-2/h2-5,12H,6H2,1H3;2*1-2H3. The minimum atomic E-state index is -0.342. The molecule has 1 aromatic rings. The van der Waals surface area contributed by atoms with Crippen LogP contribution < -0.4 is 0 Å². The zero-order valence-corrected chi connectivity index (χ0v) is 11.3. The molecule has 0 saturated carbocycles. The van der Waals surface area contributed by atoms with E-state index in [1.165, 1.54) is 19.1 Å². The van der Waals surface area contributed by atoms with Crippen molar-refractivity contribution in [3.8, 4) is 5.75 Å². The van der Waals surface area contributed by atoms with E-state index in [4.69, 9.17) is 0 Å². The lowest BCUT2D eigenvalue weighted by Crippen LogP contribution is -2.04. The summed E-state index contributed by atoms with van der Waals surface area (Å²) in [4.78, 5) is 21.9. The number of ketones is 2. The molecule has 0 unspecified atom stereocenters. The third-order valence-electron chi connectivity index (χ3n) is 1.61. The molecule has 0 fully saturated rings. The van der Waals surface area contributed by atoms with Gasteiger partial charge in [0.1, 0.15) is 11.5 Å². The average molecular weight is 238 g/mol. The Balaban J connectivity index is 0. The number of hydrogen-bond donors (Lipinski definition) is 1. The summed E-state index contributed by atoms with van der Waals surface area (Å²) in [5.41, 5.74) is 0.206. The molecule has 1 aromatic carbocycles. The van der Waals surface area contributed by atoms with Crippen LogP contribution in [0.1, 0.15) is 51.4 Å². The number of para-hydroxylation sites is 1. The summed E-state index contributed by atoms with van der Waals surface area (Å²) in [6.07, 6.45) is -0.155. The number of benzene rings is 1.